The average Bonchev–Trinajstić information content (AvgIpc) is 2.73. The summed E-state index contributed by atoms with van der Waals surface area (Å²) in [5, 5.41) is 0. The molecule has 1 aromatic heterocycles. The van der Waals surface area contributed by atoms with Crippen LogP contribution in [0.3, 0.4) is 0 Å². The van der Waals surface area contributed by atoms with Crippen molar-refractivity contribution in [1.82, 2.24) is 14.9 Å². The van der Waals surface area contributed by atoms with Crippen LogP contribution in [-0.4, -0.2) is 61.2 Å². The lowest BCUT2D eigenvalue weighted by atomic mass is 10.1. The van der Waals surface area contributed by atoms with E-state index in [4.69, 9.17) is 10.5 Å². The highest BCUT2D eigenvalue weighted by Gasteiger charge is 2.17. The number of nitrogens with two attached hydrogens (primary N) is 1. The summed E-state index contributed by atoms with van der Waals surface area (Å²) >= 11 is 0. The van der Waals surface area contributed by atoms with E-state index in [1.54, 1.807) is 19.5 Å². The smallest absolute Gasteiger partial charge is 0.233 e. The number of nitrogens with zero attached hydrogens (tertiary/aromatic N) is 4. The van der Waals surface area contributed by atoms with Crippen LogP contribution in [0.25, 0.3) is 0 Å². The van der Waals surface area contributed by atoms with E-state index >= 15 is 0 Å². The van der Waals surface area contributed by atoms with Crippen molar-refractivity contribution in [1.29, 1.82) is 0 Å². The average molecular weight is 279 g/mol. The molecular weight excluding hydrogens is 254 g/mol. The first-order valence-electron chi connectivity index (χ1n) is 7.26. The minimum absolute atomic E-state index is 0.554. The molecule has 0 aliphatic carbocycles. The van der Waals surface area contributed by atoms with E-state index in [0.717, 1.165) is 51.5 Å². The lowest BCUT2D eigenvalue weighted by Crippen LogP contribution is -2.35. The molecule has 1 aliphatic heterocycles. The van der Waals surface area contributed by atoms with Gasteiger partial charge < -0.3 is 20.3 Å². The van der Waals surface area contributed by atoms with Gasteiger partial charge in [0.15, 0.2) is 5.82 Å². The number of anilines is 1. The van der Waals surface area contributed by atoms with Gasteiger partial charge >= 0.3 is 0 Å². The van der Waals surface area contributed by atoms with Gasteiger partial charge in [0, 0.05) is 26.2 Å². The zero-order valence-electron chi connectivity index (χ0n) is 12.5. The SMILES string of the molecule is COc1cncc(N2CCCN(CC(C)CN)CC2)n1. The van der Waals surface area contributed by atoms with Gasteiger partial charge in [0.2, 0.25) is 5.88 Å². The third-order valence-electron chi connectivity index (χ3n) is 3.69. The lowest BCUT2D eigenvalue weighted by Gasteiger charge is -2.24. The van der Waals surface area contributed by atoms with Crippen LogP contribution in [0.2, 0.25) is 0 Å². The Morgan fingerprint density at radius 1 is 1.30 bits per heavy atom. The molecule has 0 aromatic carbocycles. The molecule has 1 saturated heterocycles. The van der Waals surface area contributed by atoms with Crippen molar-refractivity contribution in [2.75, 3.05) is 51.3 Å². The Hall–Kier alpha value is -1.40. The molecule has 1 aliphatic rings. The maximum absolute atomic E-state index is 5.71. The predicted molar refractivity (Wildman–Crippen MR) is 80.1 cm³/mol. The Morgan fingerprint density at radius 3 is 2.90 bits per heavy atom. The fourth-order valence-corrected chi connectivity index (χ4v) is 2.49. The van der Waals surface area contributed by atoms with Gasteiger partial charge in [-0.15, -0.1) is 0 Å². The molecule has 1 aromatic rings. The van der Waals surface area contributed by atoms with Gasteiger partial charge in [-0.3, -0.25) is 4.98 Å². The number of aromatic nitrogens is 2. The van der Waals surface area contributed by atoms with Crippen molar-refractivity contribution in [2.24, 2.45) is 11.7 Å². The van der Waals surface area contributed by atoms with E-state index in [0.29, 0.717) is 11.8 Å². The first-order chi connectivity index (χ1) is 9.72. The molecule has 0 bridgehead atoms. The van der Waals surface area contributed by atoms with E-state index < -0.39 is 0 Å². The molecule has 0 radical (unpaired) electrons. The Bertz CT molecular complexity index is 414. The van der Waals surface area contributed by atoms with Gasteiger partial charge in [-0.2, -0.15) is 4.98 Å². The number of rotatable bonds is 5. The van der Waals surface area contributed by atoms with Crippen molar-refractivity contribution < 1.29 is 4.74 Å². The topological polar surface area (TPSA) is 67.5 Å². The van der Waals surface area contributed by atoms with Crippen LogP contribution >= 0.6 is 0 Å². The Labute approximate surface area is 120 Å². The van der Waals surface area contributed by atoms with E-state index in [2.05, 4.69) is 26.7 Å². The summed E-state index contributed by atoms with van der Waals surface area (Å²) in [5.74, 6) is 2.02. The Balaban J connectivity index is 1.94. The molecule has 112 valence electrons. The largest absolute Gasteiger partial charge is 0.480 e. The minimum Gasteiger partial charge on any atom is -0.480 e. The van der Waals surface area contributed by atoms with E-state index in [-0.39, 0.29) is 0 Å². The van der Waals surface area contributed by atoms with Crippen LogP contribution in [0, 0.1) is 5.92 Å². The van der Waals surface area contributed by atoms with Crippen LogP contribution in [0.5, 0.6) is 5.88 Å². The Kier molecular flexibility index (Phi) is 5.55. The third-order valence-corrected chi connectivity index (χ3v) is 3.69. The second-order valence-corrected chi connectivity index (χ2v) is 5.40. The molecule has 6 nitrogen and oxygen atoms in total. The predicted octanol–water partition coefficient (Wildman–Crippen LogP) is 0.592. The molecule has 1 unspecified atom stereocenters. The van der Waals surface area contributed by atoms with Crippen molar-refractivity contribution in [3.8, 4) is 5.88 Å². The molecule has 1 fully saturated rings. The monoisotopic (exact) mass is 279 g/mol. The first kappa shape index (κ1) is 15.0. The standard InChI is InChI=1S/C14H25N5O/c1-12(8-15)11-18-4-3-5-19(7-6-18)13-9-16-10-14(17-13)20-2/h9-10,12H,3-8,11,15H2,1-2H3. The number of ether oxygens (including phenoxy) is 1. The quantitative estimate of drug-likeness (QED) is 0.851. The molecule has 20 heavy (non-hydrogen) atoms. The second-order valence-electron chi connectivity index (χ2n) is 5.40. The van der Waals surface area contributed by atoms with Gasteiger partial charge in [0.25, 0.3) is 0 Å². The van der Waals surface area contributed by atoms with Gasteiger partial charge in [0.1, 0.15) is 0 Å². The summed E-state index contributed by atoms with van der Waals surface area (Å²) in [6.07, 6.45) is 4.58. The maximum Gasteiger partial charge on any atom is 0.233 e. The van der Waals surface area contributed by atoms with Gasteiger partial charge in [-0.25, -0.2) is 0 Å². The molecular formula is C14H25N5O. The van der Waals surface area contributed by atoms with E-state index in [1.807, 2.05) is 0 Å². The molecule has 2 heterocycles. The fraction of sp³-hybridized carbons (Fsp3) is 0.714. The van der Waals surface area contributed by atoms with E-state index in [1.165, 1.54) is 0 Å². The minimum atomic E-state index is 0.554. The van der Waals surface area contributed by atoms with Gasteiger partial charge in [-0.1, -0.05) is 6.92 Å². The van der Waals surface area contributed by atoms with Crippen molar-refractivity contribution >= 4 is 5.82 Å². The molecule has 0 spiro atoms. The second kappa shape index (κ2) is 7.40. The number of hydrogen-bond acceptors (Lipinski definition) is 6. The zero-order chi connectivity index (χ0) is 14.4. The van der Waals surface area contributed by atoms with Gasteiger partial charge in [-0.05, 0) is 25.4 Å². The van der Waals surface area contributed by atoms with Crippen LogP contribution in [0.4, 0.5) is 5.82 Å². The zero-order valence-corrected chi connectivity index (χ0v) is 12.5. The van der Waals surface area contributed by atoms with Crippen LogP contribution < -0.4 is 15.4 Å². The fourth-order valence-electron chi connectivity index (χ4n) is 2.49. The molecule has 1 atom stereocenters. The normalized spacial score (nSPS) is 18.6. The third kappa shape index (κ3) is 4.05. The van der Waals surface area contributed by atoms with Crippen LogP contribution in [0.1, 0.15) is 13.3 Å². The summed E-state index contributed by atoms with van der Waals surface area (Å²) in [6, 6.07) is 0. The Morgan fingerprint density at radius 2 is 2.15 bits per heavy atom. The summed E-state index contributed by atoms with van der Waals surface area (Å²) in [5.41, 5.74) is 5.71. The summed E-state index contributed by atoms with van der Waals surface area (Å²) in [4.78, 5) is 13.4. The van der Waals surface area contributed by atoms with Crippen molar-refractivity contribution in [3.05, 3.63) is 12.4 Å². The maximum atomic E-state index is 5.71. The number of hydrogen-bond donors (Lipinski definition) is 1. The lowest BCUT2D eigenvalue weighted by molar-refractivity contribution is 0.255. The number of methoxy groups -OCH3 is 1. The molecule has 2 N–H and O–H groups in total. The van der Waals surface area contributed by atoms with Crippen molar-refractivity contribution in [2.45, 2.75) is 13.3 Å². The van der Waals surface area contributed by atoms with Gasteiger partial charge in [0.05, 0.1) is 19.5 Å². The van der Waals surface area contributed by atoms with Crippen molar-refractivity contribution in [3.63, 3.8) is 0 Å². The molecule has 6 heteroatoms. The van der Waals surface area contributed by atoms with Crippen LogP contribution in [-0.2, 0) is 0 Å². The first-order valence-corrected chi connectivity index (χ1v) is 7.26. The molecule has 0 amide bonds. The molecule has 2 rings (SSSR count). The van der Waals surface area contributed by atoms with Crippen LogP contribution in [0.15, 0.2) is 12.4 Å². The molecule has 0 saturated carbocycles. The highest BCUT2D eigenvalue weighted by atomic mass is 16.5. The highest BCUT2D eigenvalue weighted by Crippen LogP contribution is 2.16. The summed E-state index contributed by atoms with van der Waals surface area (Å²) < 4.78 is 5.14. The summed E-state index contributed by atoms with van der Waals surface area (Å²) in [6.45, 7) is 8.18. The highest BCUT2D eigenvalue weighted by molar-refractivity contribution is 5.37. The van der Waals surface area contributed by atoms with E-state index in [9.17, 15) is 0 Å². The summed E-state index contributed by atoms with van der Waals surface area (Å²) in [7, 11) is 1.62.